The summed E-state index contributed by atoms with van der Waals surface area (Å²) in [4.78, 5) is 18.7. The number of hydrogen-bond donors (Lipinski definition) is 1. The van der Waals surface area contributed by atoms with Crippen molar-refractivity contribution in [2.24, 2.45) is 5.92 Å². The van der Waals surface area contributed by atoms with E-state index in [9.17, 15) is 4.79 Å². The monoisotopic (exact) mass is 330 g/mol. The molecule has 0 aliphatic carbocycles. The molecule has 2 heterocycles. The van der Waals surface area contributed by atoms with Crippen molar-refractivity contribution < 1.29 is 4.79 Å². The number of carbonyl (C=O) groups excluding carboxylic acids is 1. The van der Waals surface area contributed by atoms with Crippen LogP contribution in [0.4, 0.5) is 0 Å². The first-order valence-electron chi connectivity index (χ1n) is 7.39. The summed E-state index contributed by atoms with van der Waals surface area (Å²) < 4.78 is 0.523. The molecule has 3 nitrogen and oxygen atoms in total. The summed E-state index contributed by atoms with van der Waals surface area (Å²) in [6.45, 7) is 1.64. The van der Waals surface area contributed by atoms with Gasteiger partial charge in [-0.25, -0.2) is 0 Å². The topological polar surface area (TPSA) is 36.1 Å². The van der Waals surface area contributed by atoms with E-state index in [2.05, 4.69) is 29.2 Å². The Labute approximate surface area is 139 Å². The van der Waals surface area contributed by atoms with E-state index in [-0.39, 0.29) is 5.91 Å². The van der Waals surface area contributed by atoms with Crippen LogP contribution in [-0.4, -0.2) is 34.6 Å². The Bertz CT molecular complexity index is 699. The van der Waals surface area contributed by atoms with E-state index in [1.54, 1.807) is 12.3 Å². The fraction of sp³-hybridized carbons (Fsp3) is 0.294. The van der Waals surface area contributed by atoms with Gasteiger partial charge in [-0.15, -0.1) is 11.8 Å². The molecule has 1 N–H and O–H groups in total. The van der Waals surface area contributed by atoms with Gasteiger partial charge in [0, 0.05) is 29.9 Å². The predicted molar refractivity (Wildman–Crippen MR) is 92.8 cm³/mol. The number of thioether (sulfide) groups is 1. The zero-order valence-electron chi connectivity index (χ0n) is 12.2. The van der Waals surface area contributed by atoms with Crippen LogP contribution < -0.4 is 0 Å². The van der Waals surface area contributed by atoms with Crippen LogP contribution in [0.1, 0.15) is 16.8 Å². The number of rotatable bonds is 4. The number of benzene rings is 1. The molecular weight excluding hydrogens is 312 g/mol. The molecule has 1 aliphatic rings. The summed E-state index contributed by atoms with van der Waals surface area (Å²) in [7, 11) is 0. The van der Waals surface area contributed by atoms with E-state index < -0.39 is 0 Å². The molecule has 1 aromatic heterocycles. The Morgan fingerprint density at radius 1 is 1.27 bits per heavy atom. The summed E-state index contributed by atoms with van der Waals surface area (Å²) in [5.41, 5.74) is 0.605. The minimum Gasteiger partial charge on any atom is -0.352 e. The maximum Gasteiger partial charge on any atom is 0.256 e. The molecule has 0 unspecified atom stereocenters. The number of aromatic nitrogens is 1. The molecule has 1 aromatic carbocycles. The van der Waals surface area contributed by atoms with Crippen LogP contribution in [0, 0.1) is 10.6 Å². The van der Waals surface area contributed by atoms with Crippen LogP contribution in [-0.2, 0) is 0 Å². The number of pyridine rings is 1. The third-order valence-electron chi connectivity index (χ3n) is 3.85. The lowest BCUT2D eigenvalue weighted by Gasteiger charge is -2.16. The highest BCUT2D eigenvalue weighted by Crippen LogP contribution is 2.26. The van der Waals surface area contributed by atoms with Gasteiger partial charge in [0.15, 0.2) is 0 Å². The normalized spacial score (nSPS) is 17.6. The highest BCUT2D eigenvalue weighted by molar-refractivity contribution is 7.99. The van der Waals surface area contributed by atoms with Gasteiger partial charge in [0.25, 0.3) is 5.91 Å². The molecule has 0 radical (unpaired) electrons. The van der Waals surface area contributed by atoms with Crippen molar-refractivity contribution >= 4 is 29.9 Å². The first-order chi connectivity index (χ1) is 10.7. The first kappa shape index (κ1) is 15.3. The van der Waals surface area contributed by atoms with Gasteiger partial charge in [0.05, 0.1) is 5.56 Å². The Morgan fingerprint density at radius 2 is 2.09 bits per heavy atom. The molecular formula is C17H18N2OS2. The smallest absolute Gasteiger partial charge is 0.256 e. The summed E-state index contributed by atoms with van der Waals surface area (Å²) in [6, 6.07) is 14.0. The Morgan fingerprint density at radius 3 is 2.86 bits per heavy atom. The van der Waals surface area contributed by atoms with E-state index >= 15 is 0 Å². The summed E-state index contributed by atoms with van der Waals surface area (Å²) in [5.74, 6) is 1.65. The highest BCUT2D eigenvalue weighted by Gasteiger charge is 2.27. The van der Waals surface area contributed by atoms with Crippen molar-refractivity contribution in [2.75, 3.05) is 18.8 Å². The average Bonchev–Trinajstić information content (AvgIpc) is 3.03. The Hall–Kier alpha value is -1.59. The molecule has 0 saturated carbocycles. The Kier molecular flexibility index (Phi) is 4.95. The second kappa shape index (κ2) is 7.11. The van der Waals surface area contributed by atoms with Crippen molar-refractivity contribution in [3.8, 4) is 0 Å². The number of H-pyrrole nitrogens is 1. The van der Waals surface area contributed by atoms with Gasteiger partial charge < -0.3 is 9.88 Å². The van der Waals surface area contributed by atoms with Gasteiger partial charge in [-0.1, -0.05) is 30.4 Å². The number of nitrogens with one attached hydrogen (secondary N) is 1. The van der Waals surface area contributed by atoms with E-state index in [0.29, 0.717) is 16.1 Å². The van der Waals surface area contributed by atoms with Crippen LogP contribution in [0.25, 0.3) is 0 Å². The number of carbonyl (C=O) groups is 1. The third-order valence-corrected chi connectivity index (χ3v) is 5.43. The zero-order chi connectivity index (χ0) is 15.4. The second-order valence-electron chi connectivity index (χ2n) is 5.44. The summed E-state index contributed by atoms with van der Waals surface area (Å²) in [6.07, 6.45) is 2.82. The third kappa shape index (κ3) is 3.59. The number of nitrogens with zero attached hydrogens (tertiary/aromatic N) is 1. The maximum atomic E-state index is 12.5. The average molecular weight is 330 g/mol. The molecule has 0 spiro atoms. The quantitative estimate of drug-likeness (QED) is 0.680. The molecule has 1 saturated heterocycles. The predicted octanol–water partition coefficient (Wildman–Crippen LogP) is 4.00. The molecule has 1 amide bonds. The van der Waals surface area contributed by atoms with Crippen LogP contribution in [0.2, 0.25) is 0 Å². The minimum absolute atomic E-state index is 0.0501. The summed E-state index contributed by atoms with van der Waals surface area (Å²) >= 11 is 7.07. The van der Waals surface area contributed by atoms with Gasteiger partial charge in [-0.2, -0.15) is 0 Å². The maximum absolute atomic E-state index is 12.5. The van der Waals surface area contributed by atoms with E-state index in [0.717, 1.165) is 25.3 Å². The standard InChI is InChI=1S/C17H18N2OS2/c20-17(15-7-4-9-18-16(15)21)19-10-8-13(11-19)12-22-14-5-2-1-3-6-14/h1-7,9,13H,8,10-12H2,(H,18,21)/t13-/m1/s1. The lowest BCUT2D eigenvalue weighted by molar-refractivity contribution is 0.0787. The van der Waals surface area contributed by atoms with Gasteiger partial charge in [-0.05, 0) is 36.6 Å². The van der Waals surface area contributed by atoms with E-state index in [1.807, 2.05) is 28.8 Å². The van der Waals surface area contributed by atoms with Crippen molar-refractivity contribution in [1.82, 2.24) is 9.88 Å². The molecule has 3 rings (SSSR count). The van der Waals surface area contributed by atoms with E-state index in [4.69, 9.17) is 12.2 Å². The SMILES string of the molecule is O=C(c1ccc[nH]c1=S)N1CC[C@@H](CSc2ccccc2)C1. The molecule has 1 aliphatic heterocycles. The fourth-order valence-electron chi connectivity index (χ4n) is 2.64. The van der Waals surface area contributed by atoms with Crippen LogP contribution in [0.5, 0.6) is 0 Å². The highest BCUT2D eigenvalue weighted by atomic mass is 32.2. The summed E-state index contributed by atoms with van der Waals surface area (Å²) in [5, 5.41) is 0. The lowest BCUT2D eigenvalue weighted by Crippen LogP contribution is -2.29. The lowest BCUT2D eigenvalue weighted by atomic mass is 10.2. The number of aromatic amines is 1. The zero-order valence-corrected chi connectivity index (χ0v) is 13.8. The molecule has 0 bridgehead atoms. The van der Waals surface area contributed by atoms with Crippen LogP contribution >= 0.6 is 24.0 Å². The van der Waals surface area contributed by atoms with Crippen molar-refractivity contribution in [2.45, 2.75) is 11.3 Å². The molecule has 2 aromatic rings. The molecule has 5 heteroatoms. The second-order valence-corrected chi connectivity index (χ2v) is 6.94. The molecule has 1 fully saturated rings. The first-order valence-corrected chi connectivity index (χ1v) is 8.78. The minimum atomic E-state index is 0.0501. The van der Waals surface area contributed by atoms with Crippen LogP contribution in [0.3, 0.4) is 0 Å². The largest absolute Gasteiger partial charge is 0.352 e. The molecule has 114 valence electrons. The van der Waals surface area contributed by atoms with Gasteiger partial charge in [0.1, 0.15) is 4.64 Å². The van der Waals surface area contributed by atoms with Crippen molar-refractivity contribution in [3.63, 3.8) is 0 Å². The van der Waals surface area contributed by atoms with Crippen molar-refractivity contribution in [1.29, 1.82) is 0 Å². The molecule has 1 atom stereocenters. The van der Waals surface area contributed by atoms with Crippen molar-refractivity contribution in [3.05, 3.63) is 58.9 Å². The van der Waals surface area contributed by atoms with Gasteiger partial charge >= 0.3 is 0 Å². The molecule has 22 heavy (non-hydrogen) atoms. The van der Waals surface area contributed by atoms with Gasteiger partial charge in [0.2, 0.25) is 0 Å². The fourth-order valence-corrected chi connectivity index (χ4v) is 3.92. The Balaban J connectivity index is 1.57. The number of likely N-dealkylation sites (tertiary alicyclic amines) is 1. The van der Waals surface area contributed by atoms with E-state index in [1.165, 1.54) is 4.90 Å². The number of hydrogen-bond acceptors (Lipinski definition) is 3. The van der Waals surface area contributed by atoms with Crippen LogP contribution in [0.15, 0.2) is 53.6 Å². The van der Waals surface area contributed by atoms with Gasteiger partial charge in [-0.3, -0.25) is 4.79 Å². The number of amides is 1.